The van der Waals surface area contributed by atoms with Crippen LogP contribution in [0.3, 0.4) is 0 Å². The van der Waals surface area contributed by atoms with Gasteiger partial charge in [0.15, 0.2) is 5.13 Å². The Balaban J connectivity index is 1.15. The van der Waals surface area contributed by atoms with Crippen LogP contribution in [0.5, 0.6) is 5.75 Å². The number of ether oxygens (including phenoxy) is 1. The van der Waals surface area contributed by atoms with Crippen LogP contribution in [-0.4, -0.2) is 53.0 Å². The van der Waals surface area contributed by atoms with Gasteiger partial charge in [-0.3, -0.25) is 9.59 Å². The molecule has 39 heavy (non-hydrogen) atoms. The minimum Gasteiger partial charge on any atom is -0.488 e. The molecule has 4 heterocycles. The van der Waals surface area contributed by atoms with Crippen molar-refractivity contribution in [2.45, 2.75) is 46.1 Å². The lowest BCUT2D eigenvalue weighted by atomic mass is 9.62. The lowest BCUT2D eigenvalue weighted by Gasteiger charge is -2.51. The number of carbonyl (C=O) groups excluding carboxylic acids is 1. The summed E-state index contributed by atoms with van der Waals surface area (Å²) in [5, 5.41) is 12.5. The van der Waals surface area contributed by atoms with Crippen LogP contribution in [0.2, 0.25) is 0 Å². The highest BCUT2D eigenvalue weighted by Crippen LogP contribution is 2.47. The van der Waals surface area contributed by atoms with Crippen LogP contribution in [0.15, 0.2) is 41.8 Å². The van der Waals surface area contributed by atoms with Gasteiger partial charge in [-0.05, 0) is 86.8 Å². The second-order valence-electron chi connectivity index (χ2n) is 11.3. The maximum atomic E-state index is 12.9. The molecule has 3 aliphatic heterocycles. The van der Waals surface area contributed by atoms with Crippen LogP contribution in [0.25, 0.3) is 11.3 Å². The normalized spacial score (nSPS) is 22.4. The number of rotatable bonds is 7. The van der Waals surface area contributed by atoms with Crippen molar-refractivity contribution in [3.8, 4) is 17.0 Å². The van der Waals surface area contributed by atoms with Gasteiger partial charge in [-0.2, -0.15) is 0 Å². The van der Waals surface area contributed by atoms with Gasteiger partial charge in [0, 0.05) is 42.7 Å². The summed E-state index contributed by atoms with van der Waals surface area (Å²) in [6.07, 6.45) is 4.38. The fourth-order valence-electron chi connectivity index (χ4n) is 6.38. The van der Waals surface area contributed by atoms with Crippen molar-refractivity contribution < 1.29 is 19.4 Å². The lowest BCUT2D eigenvalue weighted by Crippen LogP contribution is -2.57. The average Bonchev–Trinajstić information content (AvgIpc) is 3.43. The minimum absolute atomic E-state index is 0.120. The Kier molecular flexibility index (Phi) is 7.06. The standard InChI is InChI=1S/C31H35N3O4S/c1-19-6-9-27(38-17-22-8-7-21(13-20(22)2)29(35)33-10-4-3-5-11-33)25(12-19)26-18-39-31(32-26)34-15-23-14-24(16-34)28(23)30(36)37/h6-9,12-13,18,23-24,28H,3-5,10-11,14-17H2,1-2H3,(H,36,37)/t23-,24+,28+. The van der Waals surface area contributed by atoms with Crippen molar-refractivity contribution in [1.29, 1.82) is 0 Å². The number of carbonyl (C=O) groups is 2. The molecule has 1 saturated carbocycles. The largest absolute Gasteiger partial charge is 0.488 e. The number of aromatic nitrogens is 1. The number of hydrogen-bond donors (Lipinski definition) is 1. The first-order valence-electron chi connectivity index (χ1n) is 13.9. The number of hydrogen-bond acceptors (Lipinski definition) is 6. The van der Waals surface area contributed by atoms with E-state index >= 15 is 0 Å². The average molecular weight is 546 g/mol. The van der Waals surface area contributed by atoms with Crippen LogP contribution in [-0.2, 0) is 11.4 Å². The molecule has 8 heteroatoms. The second kappa shape index (κ2) is 10.6. The fourth-order valence-corrected chi connectivity index (χ4v) is 7.22. The van der Waals surface area contributed by atoms with E-state index in [4.69, 9.17) is 9.72 Å². The third-order valence-electron chi connectivity index (χ3n) is 8.61. The molecule has 4 fully saturated rings. The summed E-state index contributed by atoms with van der Waals surface area (Å²) in [7, 11) is 0. The van der Waals surface area contributed by atoms with Gasteiger partial charge in [0.25, 0.3) is 5.91 Å². The molecule has 1 N–H and O–H groups in total. The third-order valence-corrected chi connectivity index (χ3v) is 9.51. The van der Waals surface area contributed by atoms with Gasteiger partial charge in [-0.25, -0.2) is 4.98 Å². The van der Waals surface area contributed by atoms with Crippen molar-refractivity contribution in [1.82, 2.24) is 9.88 Å². The molecule has 1 aliphatic carbocycles. The van der Waals surface area contributed by atoms with Crippen molar-refractivity contribution in [2.75, 3.05) is 31.1 Å². The molecular weight excluding hydrogens is 510 g/mol. The Morgan fingerprint density at radius 1 is 1.05 bits per heavy atom. The predicted octanol–water partition coefficient (Wildman–Crippen LogP) is 5.79. The summed E-state index contributed by atoms with van der Waals surface area (Å²) in [6.45, 7) is 7.71. The fraction of sp³-hybridized carbons (Fsp3) is 0.452. The van der Waals surface area contributed by atoms with Crippen molar-refractivity contribution in [3.63, 3.8) is 0 Å². The highest BCUT2D eigenvalue weighted by Gasteiger charge is 2.51. The number of likely N-dealkylation sites (tertiary alicyclic amines) is 1. The number of aryl methyl sites for hydroxylation is 2. The molecule has 3 aromatic rings. The van der Waals surface area contributed by atoms with Gasteiger partial charge in [-0.15, -0.1) is 11.3 Å². The SMILES string of the molecule is Cc1ccc(OCc2ccc(C(=O)N3CCCCC3)cc2C)c(-c2csc(N3C[C@H]4C[C@@H](C3)[C@H]4C(=O)O)n2)c1. The number of amides is 1. The molecule has 0 unspecified atom stereocenters. The number of carboxylic acid groups (broad SMARTS) is 1. The number of carboxylic acids is 1. The summed E-state index contributed by atoms with van der Waals surface area (Å²) >= 11 is 1.61. The molecule has 3 atom stereocenters. The van der Waals surface area contributed by atoms with Crippen LogP contribution in [0.1, 0.15) is 52.7 Å². The number of aliphatic carboxylic acids is 1. The van der Waals surface area contributed by atoms with E-state index in [1.165, 1.54) is 6.42 Å². The summed E-state index contributed by atoms with van der Waals surface area (Å²) in [4.78, 5) is 33.6. The molecule has 3 saturated heterocycles. The zero-order chi connectivity index (χ0) is 27.1. The molecule has 7 nitrogen and oxygen atoms in total. The van der Waals surface area contributed by atoms with E-state index in [1.807, 2.05) is 42.2 Å². The van der Waals surface area contributed by atoms with E-state index in [0.29, 0.717) is 6.61 Å². The van der Waals surface area contributed by atoms with Gasteiger partial charge in [0.05, 0.1) is 11.6 Å². The van der Waals surface area contributed by atoms with Crippen LogP contribution in [0.4, 0.5) is 5.13 Å². The Labute approximate surface area is 233 Å². The van der Waals surface area contributed by atoms with E-state index in [-0.39, 0.29) is 23.7 Å². The van der Waals surface area contributed by atoms with E-state index < -0.39 is 5.97 Å². The van der Waals surface area contributed by atoms with Gasteiger partial charge in [0.2, 0.25) is 0 Å². The van der Waals surface area contributed by atoms with E-state index in [2.05, 4.69) is 23.3 Å². The summed E-state index contributed by atoms with van der Waals surface area (Å²) < 4.78 is 6.34. The molecule has 2 aromatic carbocycles. The number of piperidine rings is 3. The maximum absolute atomic E-state index is 12.9. The molecule has 1 aromatic heterocycles. The molecule has 4 aliphatic rings. The number of thiazole rings is 1. The molecule has 0 radical (unpaired) electrons. The van der Waals surface area contributed by atoms with Crippen LogP contribution >= 0.6 is 11.3 Å². The first kappa shape index (κ1) is 25.9. The van der Waals surface area contributed by atoms with Gasteiger partial charge in [0.1, 0.15) is 12.4 Å². The van der Waals surface area contributed by atoms with Crippen molar-refractivity contribution in [2.24, 2.45) is 17.8 Å². The monoisotopic (exact) mass is 545 g/mol. The maximum Gasteiger partial charge on any atom is 0.307 e. The predicted molar refractivity (Wildman–Crippen MR) is 152 cm³/mol. The van der Waals surface area contributed by atoms with Crippen LogP contribution < -0.4 is 9.64 Å². The lowest BCUT2D eigenvalue weighted by molar-refractivity contribution is -0.153. The molecule has 7 rings (SSSR count). The van der Waals surface area contributed by atoms with Gasteiger partial charge < -0.3 is 19.6 Å². The zero-order valence-corrected chi connectivity index (χ0v) is 23.4. The second-order valence-corrected chi connectivity index (χ2v) is 12.2. The van der Waals surface area contributed by atoms with Crippen LogP contribution in [0, 0.1) is 31.6 Å². The van der Waals surface area contributed by atoms with E-state index in [1.54, 1.807) is 11.3 Å². The smallest absolute Gasteiger partial charge is 0.307 e. The highest BCUT2D eigenvalue weighted by molar-refractivity contribution is 7.14. The quantitative estimate of drug-likeness (QED) is 0.405. The first-order chi connectivity index (χ1) is 18.9. The van der Waals surface area contributed by atoms with Crippen molar-refractivity contribution in [3.05, 3.63) is 64.0 Å². The van der Waals surface area contributed by atoms with Gasteiger partial charge >= 0.3 is 5.97 Å². The van der Waals surface area contributed by atoms with Crippen molar-refractivity contribution >= 4 is 28.3 Å². The Morgan fingerprint density at radius 3 is 2.54 bits per heavy atom. The third kappa shape index (κ3) is 5.14. The topological polar surface area (TPSA) is 83.0 Å². The molecule has 204 valence electrons. The molecule has 2 bridgehead atoms. The highest BCUT2D eigenvalue weighted by atomic mass is 32.1. The summed E-state index contributed by atoms with van der Waals surface area (Å²) in [6, 6.07) is 12.1. The zero-order valence-electron chi connectivity index (χ0n) is 22.6. The minimum atomic E-state index is -0.657. The Bertz CT molecular complexity index is 1380. The first-order valence-corrected chi connectivity index (χ1v) is 14.8. The Morgan fingerprint density at radius 2 is 1.82 bits per heavy atom. The summed E-state index contributed by atoms with van der Waals surface area (Å²) in [5.74, 6) is 0.480. The van der Waals surface area contributed by atoms with E-state index in [9.17, 15) is 14.7 Å². The number of benzene rings is 2. The molecule has 1 amide bonds. The number of anilines is 1. The van der Waals surface area contributed by atoms with Gasteiger partial charge in [-0.1, -0.05) is 17.7 Å². The summed E-state index contributed by atoms with van der Waals surface area (Å²) in [5.41, 5.74) is 5.81. The Hall–Kier alpha value is -3.39. The number of nitrogens with zero attached hydrogens (tertiary/aromatic N) is 3. The number of fused-ring (bicyclic) bond motifs is 2. The molecular formula is C31H35N3O4S. The van der Waals surface area contributed by atoms with E-state index in [0.717, 1.165) is 89.8 Å². The molecule has 0 spiro atoms.